The Morgan fingerprint density at radius 2 is 1.82 bits per heavy atom. The monoisotopic (exact) mass is 401 g/mol. The van der Waals surface area contributed by atoms with Gasteiger partial charge in [0.1, 0.15) is 0 Å². The van der Waals surface area contributed by atoms with Crippen molar-refractivity contribution < 1.29 is 9.90 Å². The lowest BCUT2D eigenvalue weighted by Crippen LogP contribution is -2.26. The van der Waals surface area contributed by atoms with Crippen LogP contribution in [0.2, 0.25) is 5.02 Å². The number of carboxylic acids is 1. The molecule has 0 bridgehead atoms. The standard InChI is InChI=1S/C24H32ClNO2/c1-3-4-5-6-8-20-9-7-10-21(16-20)17-26(14-13-24(27)28)18-22-15-19(2)11-12-23(22)25/h7,9-12,15-16H,3-6,8,13-14,17-18H2,1-2H3,(H,27,28). The fourth-order valence-electron chi connectivity index (χ4n) is 3.43. The van der Waals surface area contributed by atoms with Gasteiger partial charge in [0.15, 0.2) is 0 Å². The largest absolute Gasteiger partial charge is 0.481 e. The van der Waals surface area contributed by atoms with E-state index >= 15 is 0 Å². The third-order valence-corrected chi connectivity index (χ3v) is 5.32. The predicted octanol–water partition coefficient (Wildman–Crippen LogP) is 6.25. The molecule has 0 aliphatic carbocycles. The van der Waals surface area contributed by atoms with Crippen molar-refractivity contribution in [2.45, 2.75) is 65.5 Å². The zero-order valence-corrected chi connectivity index (χ0v) is 17.8. The van der Waals surface area contributed by atoms with Crippen LogP contribution in [0, 0.1) is 6.92 Å². The van der Waals surface area contributed by atoms with Gasteiger partial charge in [-0.2, -0.15) is 0 Å². The van der Waals surface area contributed by atoms with Crippen molar-refractivity contribution in [3.63, 3.8) is 0 Å². The molecule has 0 aliphatic heterocycles. The maximum atomic E-state index is 11.1. The third-order valence-electron chi connectivity index (χ3n) is 4.95. The Kier molecular flexibility index (Phi) is 9.52. The van der Waals surface area contributed by atoms with Gasteiger partial charge < -0.3 is 5.11 Å². The van der Waals surface area contributed by atoms with Crippen molar-refractivity contribution in [3.8, 4) is 0 Å². The Morgan fingerprint density at radius 1 is 1.04 bits per heavy atom. The van der Waals surface area contributed by atoms with Gasteiger partial charge in [-0.1, -0.05) is 79.7 Å². The van der Waals surface area contributed by atoms with E-state index in [0.29, 0.717) is 13.1 Å². The summed E-state index contributed by atoms with van der Waals surface area (Å²) in [5, 5.41) is 9.86. The van der Waals surface area contributed by atoms with Crippen LogP contribution in [0.15, 0.2) is 42.5 Å². The molecule has 0 unspecified atom stereocenters. The Bertz CT molecular complexity index is 760. The second kappa shape index (κ2) is 11.9. The zero-order chi connectivity index (χ0) is 20.4. The number of benzene rings is 2. The van der Waals surface area contributed by atoms with E-state index < -0.39 is 5.97 Å². The second-order valence-corrected chi connectivity index (χ2v) is 7.99. The van der Waals surface area contributed by atoms with Crippen LogP contribution in [0.5, 0.6) is 0 Å². The van der Waals surface area contributed by atoms with Gasteiger partial charge in [0.05, 0.1) is 6.42 Å². The molecule has 28 heavy (non-hydrogen) atoms. The molecule has 3 nitrogen and oxygen atoms in total. The summed E-state index contributed by atoms with van der Waals surface area (Å²) >= 11 is 6.37. The van der Waals surface area contributed by atoms with E-state index in [4.69, 9.17) is 16.7 Å². The Morgan fingerprint density at radius 3 is 2.57 bits per heavy atom. The fourth-order valence-corrected chi connectivity index (χ4v) is 3.61. The predicted molar refractivity (Wildman–Crippen MR) is 117 cm³/mol. The van der Waals surface area contributed by atoms with Gasteiger partial charge >= 0.3 is 5.97 Å². The number of aliphatic carboxylic acids is 1. The molecule has 0 spiro atoms. The van der Waals surface area contributed by atoms with E-state index in [1.54, 1.807) is 0 Å². The molecule has 0 amide bonds. The lowest BCUT2D eigenvalue weighted by Gasteiger charge is -2.23. The first-order valence-electron chi connectivity index (χ1n) is 10.2. The molecule has 2 rings (SSSR count). The topological polar surface area (TPSA) is 40.5 Å². The summed E-state index contributed by atoms with van der Waals surface area (Å²) in [6.45, 7) is 6.14. The van der Waals surface area contributed by atoms with Crippen LogP contribution in [0.25, 0.3) is 0 Å². The van der Waals surface area contributed by atoms with Crippen molar-refractivity contribution >= 4 is 17.6 Å². The highest BCUT2D eigenvalue weighted by Gasteiger charge is 2.12. The first-order valence-corrected chi connectivity index (χ1v) is 10.6. The first kappa shape index (κ1) is 22.4. The molecule has 0 radical (unpaired) electrons. The van der Waals surface area contributed by atoms with E-state index in [0.717, 1.165) is 29.1 Å². The normalized spacial score (nSPS) is 11.1. The Labute approximate surface area is 174 Å². The smallest absolute Gasteiger partial charge is 0.304 e. The Balaban J connectivity index is 2.07. The maximum Gasteiger partial charge on any atom is 0.304 e. The highest BCUT2D eigenvalue weighted by atomic mass is 35.5. The molecule has 0 saturated carbocycles. The van der Waals surface area contributed by atoms with Crippen molar-refractivity contribution in [3.05, 3.63) is 69.7 Å². The maximum absolute atomic E-state index is 11.1. The minimum atomic E-state index is -0.773. The number of rotatable bonds is 12. The molecule has 0 atom stereocenters. The van der Waals surface area contributed by atoms with E-state index in [9.17, 15) is 4.79 Å². The van der Waals surface area contributed by atoms with Gasteiger partial charge in [-0.05, 0) is 42.5 Å². The molecule has 4 heteroatoms. The van der Waals surface area contributed by atoms with Gasteiger partial charge in [-0.3, -0.25) is 9.69 Å². The van der Waals surface area contributed by atoms with Gasteiger partial charge in [0.2, 0.25) is 0 Å². The summed E-state index contributed by atoms with van der Waals surface area (Å²) in [6, 6.07) is 14.7. The number of halogens is 1. The quantitative estimate of drug-likeness (QED) is 0.427. The van der Waals surface area contributed by atoms with E-state index in [2.05, 4.69) is 42.2 Å². The van der Waals surface area contributed by atoms with Gasteiger partial charge in [0.25, 0.3) is 0 Å². The number of carbonyl (C=O) groups is 1. The highest BCUT2D eigenvalue weighted by molar-refractivity contribution is 6.31. The molecule has 152 valence electrons. The number of nitrogens with zero attached hydrogens (tertiary/aromatic N) is 1. The van der Waals surface area contributed by atoms with Crippen LogP contribution in [0.3, 0.4) is 0 Å². The Hall–Kier alpha value is -1.84. The summed E-state index contributed by atoms with van der Waals surface area (Å²) in [5.74, 6) is -0.773. The van der Waals surface area contributed by atoms with E-state index in [1.165, 1.54) is 36.8 Å². The van der Waals surface area contributed by atoms with Crippen LogP contribution >= 0.6 is 11.6 Å². The molecule has 0 aromatic heterocycles. The number of carboxylic acid groups (broad SMARTS) is 1. The summed E-state index contributed by atoms with van der Waals surface area (Å²) in [5.41, 5.74) is 4.79. The molecular weight excluding hydrogens is 370 g/mol. The molecule has 2 aromatic rings. The highest BCUT2D eigenvalue weighted by Crippen LogP contribution is 2.21. The molecular formula is C24H32ClNO2. The number of hydrogen-bond donors (Lipinski definition) is 1. The summed E-state index contributed by atoms with van der Waals surface area (Å²) in [7, 11) is 0. The average Bonchev–Trinajstić information content (AvgIpc) is 2.66. The lowest BCUT2D eigenvalue weighted by molar-refractivity contribution is -0.137. The number of aryl methyl sites for hydroxylation is 2. The molecule has 0 heterocycles. The van der Waals surface area contributed by atoms with Gasteiger partial charge in [-0.25, -0.2) is 0 Å². The van der Waals surface area contributed by atoms with E-state index in [1.807, 2.05) is 19.1 Å². The first-order chi connectivity index (χ1) is 13.5. The van der Waals surface area contributed by atoms with Crippen molar-refractivity contribution in [2.75, 3.05) is 6.54 Å². The van der Waals surface area contributed by atoms with Crippen LogP contribution < -0.4 is 0 Å². The summed E-state index contributed by atoms with van der Waals surface area (Å²) in [4.78, 5) is 13.3. The van der Waals surface area contributed by atoms with Gasteiger partial charge in [0, 0.05) is 24.7 Å². The molecule has 0 fully saturated rings. The number of unbranched alkanes of at least 4 members (excludes halogenated alkanes) is 3. The molecule has 2 aromatic carbocycles. The van der Waals surface area contributed by atoms with Crippen molar-refractivity contribution in [2.24, 2.45) is 0 Å². The van der Waals surface area contributed by atoms with Crippen LogP contribution in [-0.2, 0) is 24.3 Å². The molecule has 0 saturated heterocycles. The van der Waals surface area contributed by atoms with Crippen LogP contribution in [0.4, 0.5) is 0 Å². The summed E-state index contributed by atoms with van der Waals surface area (Å²) in [6.07, 6.45) is 6.27. The zero-order valence-electron chi connectivity index (χ0n) is 17.1. The second-order valence-electron chi connectivity index (χ2n) is 7.58. The summed E-state index contributed by atoms with van der Waals surface area (Å²) < 4.78 is 0. The number of hydrogen-bond acceptors (Lipinski definition) is 2. The van der Waals surface area contributed by atoms with Crippen LogP contribution in [-0.4, -0.2) is 22.5 Å². The SMILES string of the molecule is CCCCCCc1cccc(CN(CCC(=O)O)Cc2cc(C)ccc2Cl)c1. The average molecular weight is 402 g/mol. The lowest BCUT2D eigenvalue weighted by atomic mass is 10.0. The van der Waals surface area contributed by atoms with Crippen molar-refractivity contribution in [1.82, 2.24) is 4.90 Å². The van der Waals surface area contributed by atoms with Crippen molar-refractivity contribution in [1.29, 1.82) is 0 Å². The fraction of sp³-hybridized carbons (Fsp3) is 0.458. The van der Waals surface area contributed by atoms with E-state index in [-0.39, 0.29) is 6.42 Å². The molecule has 1 N–H and O–H groups in total. The van der Waals surface area contributed by atoms with Gasteiger partial charge in [-0.15, -0.1) is 0 Å². The minimum Gasteiger partial charge on any atom is -0.481 e. The molecule has 0 aliphatic rings. The minimum absolute atomic E-state index is 0.125. The van der Waals surface area contributed by atoms with Crippen LogP contribution in [0.1, 0.15) is 61.3 Å². The third kappa shape index (κ3) is 8.04.